The third-order valence-corrected chi connectivity index (χ3v) is 9.30. The SMILES string of the molecule is CC#CC(CC(=O)O)c1ccc(OCc2ccc3c(c2)-c2ccc(OCC4CCS(=O)(=O)CC4)cc2CCO3)cc1. The van der Waals surface area contributed by atoms with E-state index in [1.54, 1.807) is 6.92 Å². The highest BCUT2D eigenvalue weighted by Crippen LogP contribution is 2.38. The zero-order valence-corrected chi connectivity index (χ0v) is 23.9. The molecule has 1 atom stereocenters. The fourth-order valence-electron chi connectivity index (χ4n) is 5.29. The van der Waals surface area contributed by atoms with Gasteiger partial charge >= 0.3 is 5.97 Å². The summed E-state index contributed by atoms with van der Waals surface area (Å²) in [5.41, 5.74) is 5.10. The molecule has 0 amide bonds. The molecule has 3 aromatic rings. The fourth-order valence-corrected chi connectivity index (χ4v) is 6.88. The van der Waals surface area contributed by atoms with Gasteiger partial charge in [0.2, 0.25) is 0 Å². The fraction of sp³-hybridized carbons (Fsp3) is 0.364. The molecule has 0 aliphatic carbocycles. The van der Waals surface area contributed by atoms with Crippen molar-refractivity contribution in [3.05, 3.63) is 77.4 Å². The average Bonchev–Trinajstić information content (AvgIpc) is 3.14. The molecule has 5 rings (SSSR count). The zero-order chi connectivity index (χ0) is 28.8. The van der Waals surface area contributed by atoms with Crippen LogP contribution in [0.15, 0.2) is 60.7 Å². The standard InChI is InChI=1S/C33H34O7S/c1-2-3-26(20-33(34)35)25-5-7-28(8-6-25)39-22-24-4-11-32-31(18-24)30-10-9-29(19-27(30)12-15-38-32)40-21-23-13-16-41(36,37)17-14-23/h4-11,18-19,23,26H,12-17,20-22H2,1H3,(H,34,35). The first-order valence-electron chi connectivity index (χ1n) is 13.9. The van der Waals surface area contributed by atoms with Gasteiger partial charge in [-0.05, 0) is 84.3 Å². The van der Waals surface area contributed by atoms with E-state index in [0.717, 1.165) is 45.7 Å². The number of fused-ring (bicyclic) bond motifs is 3. The molecule has 7 nitrogen and oxygen atoms in total. The number of ether oxygens (including phenoxy) is 3. The lowest BCUT2D eigenvalue weighted by molar-refractivity contribution is -0.137. The summed E-state index contributed by atoms with van der Waals surface area (Å²) in [5.74, 6) is 7.61. The second kappa shape index (κ2) is 12.7. The Hall–Kier alpha value is -3.96. The number of carboxylic acid groups (broad SMARTS) is 1. The Balaban J connectivity index is 1.25. The molecule has 8 heteroatoms. The Bertz CT molecular complexity index is 1550. The second-order valence-electron chi connectivity index (χ2n) is 10.6. The number of hydrogen-bond donors (Lipinski definition) is 1. The summed E-state index contributed by atoms with van der Waals surface area (Å²) >= 11 is 0. The number of benzene rings is 3. The molecule has 3 aromatic carbocycles. The summed E-state index contributed by atoms with van der Waals surface area (Å²) in [6.07, 6.45) is 2.02. The highest BCUT2D eigenvalue weighted by atomic mass is 32.2. The lowest BCUT2D eigenvalue weighted by atomic mass is 9.96. The molecule has 0 aromatic heterocycles. The molecule has 2 aliphatic rings. The van der Waals surface area contributed by atoms with Gasteiger partial charge in [0.05, 0.1) is 37.1 Å². The van der Waals surface area contributed by atoms with Crippen LogP contribution in [0.1, 0.15) is 48.8 Å². The van der Waals surface area contributed by atoms with Crippen molar-refractivity contribution >= 4 is 15.8 Å². The van der Waals surface area contributed by atoms with E-state index < -0.39 is 15.8 Å². The van der Waals surface area contributed by atoms with Gasteiger partial charge < -0.3 is 19.3 Å². The van der Waals surface area contributed by atoms with Crippen molar-refractivity contribution in [3.63, 3.8) is 0 Å². The van der Waals surface area contributed by atoms with E-state index in [0.29, 0.717) is 38.4 Å². The van der Waals surface area contributed by atoms with Crippen molar-refractivity contribution in [3.8, 4) is 40.2 Å². The van der Waals surface area contributed by atoms with E-state index in [2.05, 4.69) is 30.0 Å². The predicted molar refractivity (Wildman–Crippen MR) is 157 cm³/mol. The third-order valence-electron chi connectivity index (χ3n) is 7.59. The van der Waals surface area contributed by atoms with E-state index in [9.17, 15) is 18.3 Å². The van der Waals surface area contributed by atoms with Crippen LogP contribution in [0, 0.1) is 17.8 Å². The van der Waals surface area contributed by atoms with Crippen molar-refractivity contribution in [2.24, 2.45) is 5.92 Å². The van der Waals surface area contributed by atoms with E-state index >= 15 is 0 Å². The van der Waals surface area contributed by atoms with Crippen LogP contribution >= 0.6 is 0 Å². The number of rotatable bonds is 9. The van der Waals surface area contributed by atoms with Crippen LogP contribution < -0.4 is 14.2 Å². The highest BCUT2D eigenvalue weighted by Gasteiger charge is 2.24. The number of carbonyl (C=O) groups is 1. The molecule has 2 heterocycles. The van der Waals surface area contributed by atoms with Crippen molar-refractivity contribution in [2.75, 3.05) is 24.7 Å². The summed E-state index contributed by atoms with van der Waals surface area (Å²) < 4.78 is 41.6. The maximum Gasteiger partial charge on any atom is 0.304 e. The number of aliphatic carboxylic acids is 1. The first-order chi connectivity index (χ1) is 19.8. The van der Waals surface area contributed by atoms with Gasteiger partial charge in [0.15, 0.2) is 0 Å². The predicted octanol–water partition coefficient (Wildman–Crippen LogP) is 5.65. The minimum absolute atomic E-state index is 0.0414. The van der Waals surface area contributed by atoms with Gasteiger partial charge in [0.25, 0.3) is 0 Å². The maximum atomic E-state index is 11.7. The van der Waals surface area contributed by atoms with Crippen LogP contribution in [0.2, 0.25) is 0 Å². The molecule has 214 valence electrons. The maximum absolute atomic E-state index is 11.7. The second-order valence-corrected chi connectivity index (χ2v) is 12.9. The van der Waals surface area contributed by atoms with Gasteiger partial charge in [-0.3, -0.25) is 4.79 Å². The Kier molecular flexibility index (Phi) is 8.84. The molecule has 41 heavy (non-hydrogen) atoms. The quantitative estimate of drug-likeness (QED) is 0.330. The molecule has 0 saturated carbocycles. The third kappa shape index (κ3) is 7.42. The number of sulfone groups is 1. The summed E-state index contributed by atoms with van der Waals surface area (Å²) in [7, 11) is -2.88. The Morgan fingerprint density at radius 1 is 1.00 bits per heavy atom. The highest BCUT2D eigenvalue weighted by molar-refractivity contribution is 7.91. The van der Waals surface area contributed by atoms with Crippen molar-refractivity contribution < 1.29 is 32.5 Å². The molecule has 1 unspecified atom stereocenters. The Morgan fingerprint density at radius 3 is 2.49 bits per heavy atom. The molecule has 1 saturated heterocycles. The molecule has 1 N–H and O–H groups in total. The van der Waals surface area contributed by atoms with Gasteiger partial charge in [0.1, 0.15) is 33.7 Å². The summed E-state index contributed by atoms with van der Waals surface area (Å²) in [4.78, 5) is 11.2. The topological polar surface area (TPSA) is 99.1 Å². The monoisotopic (exact) mass is 574 g/mol. The zero-order valence-electron chi connectivity index (χ0n) is 23.1. The van der Waals surface area contributed by atoms with E-state index in [1.165, 1.54) is 0 Å². The van der Waals surface area contributed by atoms with E-state index in [-0.39, 0.29) is 29.8 Å². The molecule has 0 radical (unpaired) electrons. The molecule has 0 bridgehead atoms. The Labute approximate surface area is 241 Å². The van der Waals surface area contributed by atoms with Gasteiger partial charge in [-0.15, -0.1) is 5.92 Å². The lowest BCUT2D eigenvalue weighted by Gasteiger charge is -2.22. The van der Waals surface area contributed by atoms with Gasteiger partial charge in [0, 0.05) is 12.0 Å². The summed E-state index contributed by atoms with van der Waals surface area (Å²) in [6, 6.07) is 19.6. The van der Waals surface area contributed by atoms with Gasteiger partial charge in [-0.25, -0.2) is 8.42 Å². The van der Waals surface area contributed by atoms with Crippen LogP contribution in [0.25, 0.3) is 11.1 Å². The first-order valence-corrected chi connectivity index (χ1v) is 15.7. The lowest BCUT2D eigenvalue weighted by Crippen LogP contribution is -2.26. The van der Waals surface area contributed by atoms with E-state index in [1.807, 2.05) is 42.5 Å². The minimum atomic E-state index is -2.88. The van der Waals surface area contributed by atoms with E-state index in [4.69, 9.17) is 14.2 Å². The Morgan fingerprint density at radius 2 is 1.76 bits per heavy atom. The molecule has 2 aliphatic heterocycles. The van der Waals surface area contributed by atoms with Crippen LogP contribution in [-0.2, 0) is 27.7 Å². The average molecular weight is 575 g/mol. The van der Waals surface area contributed by atoms with Crippen LogP contribution in [-0.4, -0.2) is 44.2 Å². The van der Waals surface area contributed by atoms with Crippen LogP contribution in [0.5, 0.6) is 17.2 Å². The normalized spacial score (nSPS) is 16.5. The van der Waals surface area contributed by atoms with Crippen molar-refractivity contribution in [2.45, 2.75) is 45.1 Å². The molecular weight excluding hydrogens is 540 g/mol. The molecule has 0 spiro atoms. The smallest absolute Gasteiger partial charge is 0.304 e. The van der Waals surface area contributed by atoms with Crippen molar-refractivity contribution in [1.29, 1.82) is 0 Å². The largest absolute Gasteiger partial charge is 0.493 e. The molecular formula is C33H34O7S. The number of carboxylic acids is 1. The van der Waals surface area contributed by atoms with Crippen LogP contribution in [0.4, 0.5) is 0 Å². The molecule has 1 fully saturated rings. The minimum Gasteiger partial charge on any atom is -0.493 e. The summed E-state index contributed by atoms with van der Waals surface area (Å²) in [6.45, 7) is 3.17. The first kappa shape index (κ1) is 28.6. The summed E-state index contributed by atoms with van der Waals surface area (Å²) in [5, 5.41) is 9.18. The van der Waals surface area contributed by atoms with Crippen molar-refractivity contribution in [1.82, 2.24) is 0 Å². The van der Waals surface area contributed by atoms with Gasteiger partial charge in [-0.2, -0.15) is 0 Å². The van der Waals surface area contributed by atoms with Gasteiger partial charge in [-0.1, -0.05) is 30.2 Å². The number of hydrogen-bond acceptors (Lipinski definition) is 6. The van der Waals surface area contributed by atoms with Crippen LogP contribution in [0.3, 0.4) is 0 Å².